The van der Waals surface area contributed by atoms with Gasteiger partial charge in [0.25, 0.3) is 0 Å². The standard InChI is InChI=1S/C13H10F3NO2/c1-2-19-12(18)11-10(13(14,15)16)9-6-4-3-5-8(9)7-17-11/h3-7H,2H2,1H3. The maximum Gasteiger partial charge on any atom is 0.419 e. The number of fused-ring (bicyclic) bond motifs is 1. The Morgan fingerprint density at radius 2 is 2.00 bits per heavy atom. The summed E-state index contributed by atoms with van der Waals surface area (Å²) in [7, 11) is 0. The van der Waals surface area contributed by atoms with Gasteiger partial charge in [0.1, 0.15) is 0 Å². The summed E-state index contributed by atoms with van der Waals surface area (Å²) in [6.45, 7) is 1.51. The second-order valence-corrected chi connectivity index (χ2v) is 3.79. The molecule has 0 unspecified atom stereocenters. The minimum atomic E-state index is -4.67. The Balaban J connectivity index is 2.74. The number of hydrogen-bond acceptors (Lipinski definition) is 3. The van der Waals surface area contributed by atoms with E-state index in [1.54, 1.807) is 6.07 Å². The Morgan fingerprint density at radius 3 is 2.63 bits per heavy atom. The van der Waals surface area contributed by atoms with Gasteiger partial charge in [-0.1, -0.05) is 24.3 Å². The molecule has 19 heavy (non-hydrogen) atoms. The summed E-state index contributed by atoms with van der Waals surface area (Å²) in [6.07, 6.45) is -3.44. The summed E-state index contributed by atoms with van der Waals surface area (Å²) >= 11 is 0. The van der Waals surface area contributed by atoms with E-state index in [0.29, 0.717) is 5.39 Å². The van der Waals surface area contributed by atoms with Crippen molar-refractivity contribution in [2.45, 2.75) is 13.1 Å². The highest BCUT2D eigenvalue weighted by atomic mass is 19.4. The van der Waals surface area contributed by atoms with E-state index in [4.69, 9.17) is 0 Å². The number of carbonyl (C=O) groups is 1. The van der Waals surface area contributed by atoms with Crippen LogP contribution in [0.3, 0.4) is 0 Å². The minimum absolute atomic E-state index is 0.00929. The number of aromatic nitrogens is 1. The molecule has 2 aromatic rings. The molecule has 0 amide bonds. The van der Waals surface area contributed by atoms with Crippen LogP contribution in [0.2, 0.25) is 0 Å². The second-order valence-electron chi connectivity index (χ2n) is 3.79. The summed E-state index contributed by atoms with van der Waals surface area (Å²) in [6, 6.07) is 5.90. The van der Waals surface area contributed by atoms with Gasteiger partial charge >= 0.3 is 12.1 Å². The molecule has 1 aromatic heterocycles. The maximum atomic E-state index is 13.1. The van der Waals surface area contributed by atoms with Crippen LogP contribution in [-0.2, 0) is 10.9 Å². The first-order valence-electron chi connectivity index (χ1n) is 5.57. The van der Waals surface area contributed by atoms with Crippen molar-refractivity contribution in [3.8, 4) is 0 Å². The monoisotopic (exact) mass is 269 g/mol. The van der Waals surface area contributed by atoms with Crippen LogP contribution in [0.4, 0.5) is 13.2 Å². The number of ether oxygens (including phenoxy) is 1. The van der Waals surface area contributed by atoms with Crippen molar-refractivity contribution in [1.82, 2.24) is 4.98 Å². The first-order chi connectivity index (χ1) is 8.95. The molecule has 0 N–H and O–H groups in total. The van der Waals surface area contributed by atoms with Crippen LogP contribution < -0.4 is 0 Å². The van der Waals surface area contributed by atoms with E-state index in [9.17, 15) is 18.0 Å². The molecule has 0 saturated heterocycles. The summed E-state index contributed by atoms with van der Waals surface area (Å²) in [4.78, 5) is 15.2. The van der Waals surface area contributed by atoms with Crippen LogP contribution in [0.15, 0.2) is 30.5 Å². The van der Waals surface area contributed by atoms with Gasteiger partial charge in [0.05, 0.1) is 12.2 Å². The van der Waals surface area contributed by atoms with E-state index < -0.39 is 23.4 Å². The SMILES string of the molecule is CCOC(=O)c1ncc2ccccc2c1C(F)(F)F. The number of halogens is 3. The average molecular weight is 269 g/mol. The van der Waals surface area contributed by atoms with Gasteiger partial charge in [-0.05, 0) is 12.3 Å². The highest BCUT2D eigenvalue weighted by Crippen LogP contribution is 2.36. The van der Waals surface area contributed by atoms with E-state index in [1.165, 1.54) is 31.3 Å². The number of carbonyl (C=O) groups excluding carboxylic acids is 1. The molecule has 2 rings (SSSR count). The predicted octanol–water partition coefficient (Wildman–Crippen LogP) is 3.43. The Bertz CT molecular complexity index is 623. The van der Waals surface area contributed by atoms with Gasteiger partial charge in [-0.3, -0.25) is 0 Å². The van der Waals surface area contributed by atoms with Gasteiger partial charge in [0.2, 0.25) is 0 Å². The second kappa shape index (κ2) is 4.87. The molecule has 0 spiro atoms. The van der Waals surface area contributed by atoms with Crippen LogP contribution in [0.1, 0.15) is 23.0 Å². The zero-order valence-electron chi connectivity index (χ0n) is 9.99. The smallest absolute Gasteiger partial charge is 0.419 e. The maximum absolute atomic E-state index is 13.1. The van der Waals surface area contributed by atoms with E-state index in [-0.39, 0.29) is 12.0 Å². The third kappa shape index (κ3) is 2.52. The Labute approximate surface area is 107 Å². The zero-order chi connectivity index (χ0) is 14.0. The third-order valence-electron chi connectivity index (χ3n) is 2.55. The first-order valence-corrected chi connectivity index (χ1v) is 5.57. The zero-order valence-corrected chi connectivity index (χ0v) is 9.99. The lowest BCUT2D eigenvalue weighted by atomic mass is 10.0. The van der Waals surface area contributed by atoms with Crippen molar-refractivity contribution in [3.63, 3.8) is 0 Å². The van der Waals surface area contributed by atoms with Crippen LogP contribution in [0.5, 0.6) is 0 Å². The number of rotatable bonds is 2. The highest BCUT2D eigenvalue weighted by Gasteiger charge is 2.38. The first kappa shape index (κ1) is 13.3. The van der Waals surface area contributed by atoms with Crippen LogP contribution in [-0.4, -0.2) is 17.6 Å². The number of alkyl halides is 3. The lowest BCUT2D eigenvalue weighted by Gasteiger charge is -2.13. The van der Waals surface area contributed by atoms with Crippen LogP contribution in [0.25, 0.3) is 10.8 Å². The summed E-state index contributed by atoms with van der Waals surface area (Å²) in [5, 5.41) is 0.260. The molecule has 0 saturated carbocycles. The molecule has 1 aromatic carbocycles. The van der Waals surface area contributed by atoms with E-state index in [1.807, 2.05) is 0 Å². The molecule has 0 aliphatic carbocycles. The molecule has 1 heterocycles. The molecule has 6 heteroatoms. The van der Waals surface area contributed by atoms with Gasteiger partial charge in [0.15, 0.2) is 5.69 Å². The number of pyridine rings is 1. The number of nitrogens with zero attached hydrogens (tertiary/aromatic N) is 1. The summed E-state index contributed by atoms with van der Waals surface area (Å²) < 4.78 is 44.0. The van der Waals surface area contributed by atoms with Gasteiger partial charge in [0, 0.05) is 11.6 Å². The van der Waals surface area contributed by atoms with Gasteiger partial charge in [-0.25, -0.2) is 9.78 Å². The molecule has 100 valence electrons. The number of esters is 1. The topological polar surface area (TPSA) is 39.2 Å². The van der Waals surface area contributed by atoms with Crippen LogP contribution >= 0.6 is 0 Å². The van der Waals surface area contributed by atoms with Gasteiger partial charge in [-0.2, -0.15) is 13.2 Å². The summed E-state index contributed by atoms with van der Waals surface area (Å²) in [5.41, 5.74) is -1.75. The normalized spacial score (nSPS) is 11.6. The number of hydrogen-bond donors (Lipinski definition) is 0. The van der Waals surface area contributed by atoms with Crippen molar-refractivity contribution in [2.24, 2.45) is 0 Å². The molecule has 0 bridgehead atoms. The fourth-order valence-corrected chi connectivity index (χ4v) is 1.80. The van der Waals surface area contributed by atoms with Gasteiger partial charge < -0.3 is 4.74 Å². The van der Waals surface area contributed by atoms with Gasteiger partial charge in [-0.15, -0.1) is 0 Å². The quantitative estimate of drug-likeness (QED) is 0.784. The van der Waals surface area contributed by atoms with E-state index in [2.05, 4.69) is 9.72 Å². The van der Waals surface area contributed by atoms with Crippen molar-refractivity contribution >= 4 is 16.7 Å². The molecule has 0 aliphatic heterocycles. The Hall–Kier alpha value is -2.11. The molecular formula is C13H10F3NO2. The third-order valence-corrected chi connectivity index (χ3v) is 2.55. The fourth-order valence-electron chi connectivity index (χ4n) is 1.80. The van der Waals surface area contributed by atoms with Crippen molar-refractivity contribution in [2.75, 3.05) is 6.61 Å². The van der Waals surface area contributed by atoms with Crippen molar-refractivity contribution in [1.29, 1.82) is 0 Å². The fraction of sp³-hybridized carbons (Fsp3) is 0.231. The van der Waals surface area contributed by atoms with Crippen molar-refractivity contribution < 1.29 is 22.7 Å². The molecule has 3 nitrogen and oxygen atoms in total. The number of benzene rings is 1. The molecule has 0 atom stereocenters. The molecule has 0 radical (unpaired) electrons. The van der Waals surface area contributed by atoms with Crippen molar-refractivity contribution in [3.05, 3.63) is 41.7 Å². The summed E-state index contributed by atoms with van der Waals surface area (Å²) in [5.74, 6) is -1.07. The van der Waals surface area contributed by atoms with Crippen LogP contribution in [0, 0.1) is 0 Å². The minimum Gasteiger partial charge on any atom is -0.461 e. The Morgan fingerprint density at radius 1 is 1.32 bits per heavy atom. The lowest BCUT2D eigenvalue weighted by Crippen LogP contribution is -2.17. The molecule has 0 fully saturated rings. The van der Waals surface area contributed by atoms with E-state index in [0.717, 1.165) is 0 Å². The molecular weight excluding hydrogens is 259 g/mol. The molecule has 0 aliphatic rings. The highest BCUT2D eigenvalue weighted by molar-refractivity contribution is 5.96. The van der Waals surface area contributed by atoms with E-state index >= 15 is 0 Å². The Kier molecular flexibility index (Phi) is 3.42. The average Bonchev–Trinajstić information content (AvgIpc) is 2.36. The predicted molar refractivity (Wildman–Crippen MR) is 62.7 cm³/mol. The lowest BCUT2D eigenvalue weighted by molar-refractivity contribution is -0.137. The largest absolute Gasteiger partial charge is 0.461 e.